The summed E-state index contributed by atoms with van der Waals surface area (Å²) in [6.07, 6.45) is 0.769. The molecule has 0 aromatic heterocycles. The predicted octanol–water partition coefficient (Wildman–Crippen LogP) is 4.44. The summed E-state index contributed by atoms with van der Waals surface area (Å²) in [5.41, 5.74) is 5.33. The van der Waals surface area contributed by atoms with E-state index in [1.54, 1.807) is 35.2 Å². The van der Waals surface area contributed by atoms with Crippen LogP contribution in [-0.2, 0) is 32.0 Å². The Labute approximate surface area is 238 Å². The van der Waals surface area contributed by atoms with E-state index in [2.05, 4.69) is 16.0 Å². The van der Waals surface area contributed by atoms with Crippen molar-refractivity contribution in [1.29, 1.82) is 0 Å². The molecule has 0 spiro atoms. The number of nitrogens with zero attached hydrogens (tertiary/aromatic N) is 1. The van der Waals surface area contributed by atoms with Crippen LogP contribution in [-0.4, -0.2) is 48.6 Å². The van der Waals surface area contributed by atoms with Gasteiger partial charge < -0.3 is 30.7 Å². The minimum absolute atomic E-state index is 0.139. The monoisotopic (exact) mass is 558 g/mol. The summed E-state index contributed by atoms with van der Waals surface area (Å²) in [4.78, 5) is 50.8. The van der Waals surface area contributed by atoms with Crippen LogP contribution in [0.15, 0.2) is 66.7 Å². The molecule has 214 valence electrons. The fraction of sp³-hybridized carbons (Fsp3) is 0.290. The van der Waals surface area contributed by atoms with Crippen LogP contribution in [0.3, 0.4) is 0 Å². The highest BCUT2D eigenvalue weighted by atomic mass is 16.5. The van der Waals surface area contributed by atoms with Crippen molar-refractivity contribution >= 4 is 40.9 Å². The molecule has 1 aliphatic rings. The molecule has 41 heavy (non-hydrogen) atoms. The van der Waals surface area contributed by atoms with E-state index in [0.717, 1.165) is 40.9 Å². The van der Waals surface area contributed by atoms with E-state index in [1.807, 2.05) is 43.3 Å². The molecule has 10 nitrogen and oxygen atoms in total. The molecule has 1 aliphatic heterocycles. The van der Waals surface area contributed by atoms with Gasteiger partial charge >= 0.3 is 12.0 Å². The molecule has 2 atom stereocenters. The summed E-state index contributed by atoms with van der Waals surface area (Å²) in [6.45, 7) is 3.72. The maximum absolute atomic E-state index is 13.7. The topological polar surface area (TPSA) is 137 Å². The van der Waals surface area contributed by atoms with Crippen LogP contribution < -0.4 is 20.9 Å². The third kappa shape index (κ3) is 7.29. The van der Waals surface area contributed by atoms with E-state index in [1.165, 1.54) is 14.0 Å². The van der Waals surface area contributed by atoms with E-state index in [4.69, 9.17) is 4.74 Å². The number of methoxy groups -OCH3 is 1. The third-order valence-corrected chi connectivity index (χ3v) is 6.97. The average molecular weight is 559 g/mol. The second-order valence-corrected chi connectivity index (χ2v) is 9.98. The Morgan fingerprint density at radius 1 is 1.00 bits per heavy atom. The van der Waals surface area contributed by atoms with Gasteiger partial charge in [-0.05, 0) is 66.3 Å². The second kappa shape index (κ2) is 13.1. The van der Waals surface area contributed by atoms with E-state index in [-0.39, 0.29) is 18.4 Å². The number of urea groups is 1. The van der Waals surface area contributed by atoms with Crippen molar-refractivity contribution in [3.8, 4) is 0 Å². The van der Waals surface area contributed by atoms with Gasteiger partial charge in [-0.15, -0.1) is 0 Å². The van der Waals surface area contributed by atoms with Crippen molar-refractivity contribution in [3.05, 3.63) is 89.0 Å². The molecule has 1 heterocycles. The van der Waals surface area contributed by atoms with E-state index >= 15 is 0 Å². The third-order valence-electron chi connectivity index (χ3n) is 6.97. The molecule has 4 rings (SSSR count). The number of rotatable bonds is 9. The molecule has 0 bridgehead atoms. The smallest absolute Gasteiger partial charge is 0.326 e. The summed E-state index contributed by atoms with van der Waals surface area (Å²) >= 11 is 0. The molecule has 0 saturated heterocycles. The van der Waals surface area contributed by atoms with Gasteiger partial charge in [-0.3, -0.25) is 9.59 Å². The number of amides is 4. The van der Waals surface area contributed by atoms with E-state index < -0.39 is 24.0 Å². The van der Waals surface area contributed by atoms with Gasteiger partial charge in [0.25, 0.3) is 5.91 Å². The molecule has 0 saturated carbocycles. The number of carbonyl (C=O) groups is 4. The number of carbonyl (C=O) groups excluding carboxylic acids is 3. The highest BCUT2D eigenvalue weighted by Gasteiger charge is 2.30. The zero-order chi connectivity index (χ0) is 29.5. The van der Waals surface area contributed by atoms with Gasteiger partial charge in [-0.25, -0.2) is 9.59 Å². The van der Waals surface area contributed by atoms with Crippen LogP contribution in [0.25, 0.3) is 0 Å². The molecule has 3 aromatic rings. The first-order valence-electron chi connectivity index (χ1n) is 13.4. The molecule has 4 amide bonds. The number of ether oxygens (including phenoxy) is 1. The minimum Gasteiger partial charge on any atom is -0.480 e. The Kier molecular flexibility index (Phi) is 9.36. The van der Waals surface area contributed by atoms with E-state index in [0.29, 0.717) is 17.8 Å². The summed E-state index contributed by atoms with van der Waals surface area (Å²) < 4.78 is 5.62. The molecule has 3 aromatic carbocycles. The first kappa shape index (κ1) is 29.3. The summed E-state index contributed by atoms with van der Waals surface area (Å²) in [6, 6.07) is 18.5. The molecule has 0 radical (unpaired) electrons. The number of anilines is 3. The van der Waals surface area contributed by atoms with Crippen LogP contribution in [0.4, 0.5) is 21.9 Å². The number of para-hydroxylation sites is 1. The number of aliphatic carboxylic acids is 1. The van der Waals surface area contributed by atoms with E-state index in [9.17, 15) is 24.3 Å². The fourth-order valence-electron chi connectivity index (χ4n) is 4.95. The molecule has 10 heteroatoms. The van der Waals surface area contributed by atoms with Crippen molar-refractivity contribution in [2.24, 2.45) is 0 Å². The largest absolute Gasteiger partial charge is 0.480 e. The minimum atomic E-state index is -1.11. The highest BCUT2D eigenvalue weighted by Crippen LogP contribution is 2.32. The summed E-state index contributed by atoms with van der Waals surface area (Å²) in [5.74, 6) is -1.74. The Hall–Kier alpha value is -4.70. The van der Waals surface area contributed by atoms with Crippen molar-refractivity contribution in [2.75, 3.05) is 29.2 Å². The molecule has 4 N–H and O–H groups in total. The Morgan fingerprint density at radius 3 is 2.39 bits per heavy atom. The van der Waals surface area contributed by atoms with Gasteiger partial charge in [0, 0.05) is 44.1 Å². The first-order valence-corrected chi connectivity index (χ1v) is 13.4. The van der Waals surface area contributed by atoms with Crippen LogP contribution >= 0.6 is 0 Å². The lowest BCUT2D eigenvalue weighted by molar-refractivity contribution is -0.141. The van der Waals surface area contributed by atoms with Gasteiger partial charge in [0.05, 0.1) is 0 Å². The van der Waals surface area contributed by atoms with Gasteiger partial charge in [0.15, 0.2) is 6.10 Å². The Morgan fingerprint density at radius 2 is 1.73 bits per heavy atom. The van der Waals surface area contributed by atoms with Gasteiger partial charge in [0.2, 0.25) is 5.91 Å². The summed E-state index contributed by atoms with van der Waals surface area (Å²) in [5, 5.41) is 17.5. The molecule has 0 fully saturated rings. The molecular weight excluding hydrogens is 524 g/mol. The van der Waals surface area contributed by atoms with Crippen LogP contribution in [0.5, 0.6) is 0 Å². The second-order valence-electron chi connectivity index (χ2n) is 9.98. The number of hydrogen-bond donors (Lipinski definition) is 4. The maximum atomic E-state index is 13.7. The number of carboxylic acid groups (broad SMARTS) is 1. The Balaban J connectivity index is 1.45. The molecule has 1 unspecified atom stereocenters. The normalized spacial score (nSPS) is 13.9. The first-order chi connectivity index (χ1) is 19.7. The zero-order valence-corrected chi connectivity index (χ0v) is 23.3. The number of fused-ring (bicyclic) bond motifs is 1. The van der Waals surface area contributed by atoms with Gasteiger partial charge in [-0.2, -0.15) is 0 Å². The van der Waals surface area contributed by atoms with Gasteiger partial charge in [0.1, 0.15) is 6.04 Å². The van der Waals surface area contributed by atoms with Crippen molar-refractivity contribution in [3.63, 3.8) is 0 Å². The fourth-order valence-corrected chi connectivity index (χ4v) is 4.95. The van der Waals surface area contributed by atoms with Crippen LogP contribution in [0.1, 0.15) is 41.7 Å². The lowest BCUT2D eigenvalue weighted by Gasteiger charge is -2.32. The predicted molar refractivity (Wildman–Crippen MR) is 156 cm³/mol. The SMILES string of the molecule is COC(C(=O)N1CCCc2cc(C[C@H](NC(C)=O)C(=O)O)ccc21)c1ccc(NC(=O)Nc2ccccc2C)cc1. The number of hydrogen-bond acceptors (Lipinski definition) is 5. The molecular formula is C31H34N4O6. The van der Waals surface area contributed by atoms with Crippen LogP contribution in [0, 0.1) is 6.92 Å². The van der Waals surface area contributed by atoms with Crippen molar-refractivity contribution in [1.82, 2.24) is 5.32 Å². The molecule has 0 aliphatic carbocycles. The highest BCUT2D eigenvalue weighted by molar-refractivity contribution is 6.00. The van der Waals surface area contributed by atoms with Crippen molar-refractivity contribution < 1.29 is 29.0 Å². The number of nitrogens with one attached hydrogen (secondary N) is 3. The average Bonchev–Trinajstić information content (AvgIpc) is 2.94. The summed E-state index contributed by atoms with van der Waals surface area (Å²) in [7, 11) is 1.48. The van der Waals surface area contributed by atoms with Crippen LogP contribution in [0.2, 0.25) is 0 Å². The zero-order valence-electron chi connectivity index (χ0n) is 23.3. The lowest BCUT2D eigenvalue weighted by atomic mass is 9.95. The standard InChI is InChI=1S/C31H34N4O6/c1-19-7-4-5-9-25(19)34-31(40)33-24-13-11-22(12-14-24)28(41-3)29(37)35-16-6-8-23-17-21(10-15-27(23)35)18-26(30(38)39)32-20(2)36/h4-5,7,9-15,17,26,28H,6,8,16,18H2,1-3H3,(H,32,36)(H,38,39)(H2,33,34,40)/t26-,28?/m0/s1. The number of benzene rings is 3. The number of carboxylic acids is 1. The Bertz CT molecular complexity index is 1440. The lowest BCUT2D eigenvalue weighted by Crippen LogP contribution is -2.41. The maximum Gasteiger partial charge on any atom is 0.326 e. The van der Waals surface area contributed by atoms with Gasteiger partial charge in [-0.1, -0.05) is 42.5 Å². The number of aryl methyl sites for hydroxylation is 2. The van der Waals surface area contributed by atoms with Crippen molar-refractivity contribution in [2.45, 2.75) is 45.3 Å². The quantitative estimate of drug-likeness (QED) is 0.307.